The molecular weight excluding hydrogens is 270 g/mol. The molecule has 2 aliphatic heterocycles. The lowest BCUT2D eigenvalue weighted by Crippen LogP contribution is -2.72. The van der Waals surface area contributed by atoms with Gasteiger partial charge < -0.3 is 5.32 Å². The van der Waals surface area contributed by atoms with E-state index in [1.54, 1.807) is 11.3 Å². The molecule has 0 bridgehead atoms. The van der Waals surface area contributed by atoms with Crippen molar-refractivity contribution in [3.63, 3.8) is 0 Å². The normalized spacial score (nSPS) is 20.3. The highest BCUT2D eigenvalue weighted by molar-refractivity contribution is 7.07. The zero-order valence-electron chi connectivity index (χ0n) is 11.0. The minimum absolute atomic E-state index is 0.0680. The first-order valence-electron chi connectivity index (χ1n) is 6.74. The van der Waals surface area contributed by atoms with Gasteiger partial charge in [0.1, 0.15) is 0 Å². The molecule has 1 aromatic carbocycles. The Bertz CT molecular complexity index is 647. The molecule has 1 aromatic heterocycles. The van der Waals surface area contributed by atoms with Gasteiger partial charge in [-0.15, -0.1) is 11.3 Å². The summed E-state index contributed by atoms with van der Waals surface area (Å²) in [5, 5.41) is 5.28. The number of thiazole rings is 1. The zero-order chi connectivity index (χ0) is 13.6. The topological polar surface area (TPSA) is 45.2 Å². The standard InChI is InChI=1S/C15H15N3OS/c19-14-13-4-2-1-3-11(13)5-15(17-14)8-18(9-15)6-12-7-20-10-16-12/h1-4,7,10H,5-6,8-9H2,(H,17,19). The molecule has 102 valence electrons. The Morgan fingerprint density at radius 3 is 3.00 bits per heavy atom. The fraction of sp³-hybridized carbons (Fsp3) is 0.333. The van der Waals surface area contributed by atoms with Crippen molar-refractivity contribution in [2.45, 2.75) is 18.5 Å². The Morgan fingerprint density at radius 1 is 1.35 bits per heavy atom. The first-order chi connectivity index (χ1) is 9.74. The molecule has 1 amide bonds. The van der Waals surface area contributed by atoms with E-state index < -0.39 is 0 Å². The van der Waals surface area contributed by atoms with E-state index in [0.29, 0.717) is 0 Å². The Hall–Kier alpha value is -1.72. The van der Waals surface area contributed by atoms with Gasteiger partial charge in [-0.2, -0.15) is 0 Å². The van der Waals surface area contributed by atoms with Crippen molar-refractivity contribution >= 4 is 17.2 Å². The molecule has 1 saturated heterocycles. The summed E-state index contributed by atoms with van der Waals surface area (Å²) in [5.74, 6) is 0.0696. The van der Waals surface area contributed by atoms with E-state index in [-0.39, 0.29) is 11.4 Å². The number of likely N-dealkylation sites (tertiary alicyclic amines) is 1. The Labute approximate surface area is 121 Å². The molecule has 4 nitrogen and oxygen atoms in total. The largest absolute Gasteiger partial charge is 0.344 e. The van der Waals surface area contributed by atoms with Crippen LogP contribution in [0.4, 0.5) is 0 Å². The summed E-state index contributed by atoms with van der Waals surface area (Å²) < 4.78 is 0. The molecule has 1 N–H and O–H groups in total. The van der Waals surface area contributed by atoms with Crippen molar-refractivity contribution in [1.29, 1.82) is 0 Å². The molecule has 2 aliphatic rings. The summed E-state index contributed by atoms with van der Waals surface area (Å²) in [7, 11) is 0. The number of fused-ring (bicyclic) bond motifs is 1. The molecule has 5 heteroatoms. The van der Waals surface area contributed by atoms with Crippen molar-refractivity contribution in [3.05, 3.63) is 52.0 Å². The monoisotopic (exact) mass is 285 g/mol. The number of nitrogens with zero attached hydrogens (tertiary/aromatic N) is 2. The Morgan fingerprint density at radius 2 is 2.20 bits per heavy atom. The van der Waals surface area contributed by atoms with E-state index in [1.165, 1.54) is 5.56 Å². The van der Waals surface area contributed by atoms with Crippen LogP contribution in [0.1, 0.15) is 21.6 Å². The second kappa shape index (κ2) is 4.40. The van der Waals surface area contributed by atoms with Gasteiger partial charge in [0.15, 0.2) is 0 Å². The van der Waals surface area contributed by atoms with E-state index in [1.807, 2.05) is 23.7 Å². The van der Waals surface area contributed by atoms with Crippen LogP contribution in [0.3, 0.4) is 0 Å². The van der Waals surface area contributed by atoms with Gasteiger partial charge in [-0.3, -0.25) is 9.69 Å². The van der Waals surface area contributed by atoms with E-state index in [9.17, 15) is 4.79 Å². The average molecular weight is 285 g/mol. The fourth-order valence-electron chi connectivity index (χ4n) is 3.27. The highest BCUT2D eigenvalue weighted by atomic mass is 32.1. The fourth-order valence-corrected chi connectivity index (χ4v) is 3.82. The smallest absolute Gasteiger partial charge is 0.252 e. The van der Waals surface area contributed by atoms with E-state index >= 15 is 0 Å². The van der Waals surface area contributed by atoms with Crippen LogP contribution in [0, 0.1) is 0 Å². The summed E-state index contributed by atoms with van der Waals surface area (Å²) >= 11 is 1.63. The SMILES string of the molecule is O=C1NC2(Cc3ccccc31)CN(Cc1cscn1)C2. The third-order valence-corrected chi connectivity index (χ3v) is 4.73. The molecule has 20 heavy (non-hydrogen) atoms. The van der Waals surface area contributed by atoms with Gasteiger partial charge in [0.25, 0.3) is 5.91 Å². The average Bonchev–Trinajstić information content (AvgIpc) is 2.90. The molecule has 0 unspecified atom stereocenters. The van der Waals surface area contributed by atoms with E-state index in [4.69, 9.17) is 0 Å². The summed E-state index contributed by atoms with van der Waals surface area (Å²) in [5.41, 5.74) is 4.92. The molecule has 0 aliphatic carbocycles. The van der Waals surface area contributed by atoms with Gasteiger partial charge in [0, 0.05) is 30.6 Å². The first kappa shape index (κ1) is 12.1. The molecule has 1 fully saturated rings. The van der Waals surface area contributed by atoms with Crippen LogP contribution in [0.5, 0.6) is 0 Å². The molecular formula is C15H15N3OS. The van der Waals surface area contributed by atoms with Gasteiger partial charge >= 0.3 is 0 Å². The maximum atomic E-state index is 12.2. The number of nitrogens with one attached hydrogen (secondary N) is 1. The Balaban J connectivity index is 1.48. The maximum Gasteiger partial charge on any atom is 0.252 e. The highest BCUT2D eigenvalue weighted by Crippen LogP contribution is 2.31. The van der Waals surface area contributed by atoms with Crippen molar-refractivity contribution < 1.29 is 4.79 Å². The third kappa shape index (κ3) is 1.94. The van der Waals surface area contributed by atoms with Crippen LogP contribution in [-0.4, -0.2) is 34.4 Å². The van der Waals surface area contributed by atoms with Crippen molar-refractivity contribution in [1.82, 2.24) is 15.2 Å². The minimum Gasteiger partial charge on any atom is -0.344 e. The molecule has 2 aromatic rings. The van der Waals surface area contributed by atoms with Crippen molar-refractivity contribution in [2.24, 2.45) is 0 Å². The first-order valence-corrected chi connectivity index (χ1v) is 7.68. The van der Waals surface area contributed by atoms with Gasteiger partial charge in [-0.25, -0.2) is 4.98 Å². The van der Waals surface area contributed by atoms with Gasteiger partial charge in [0.2, 0.25) is 0 Å². The highest BCUT2D eigenvalue weighted by Gasteiger charge is 2.47. The van der Waals surface area contributed by atoms with Crippen LogP contribution >= 0.6 is 11.3 Å². The lowest BCUT2D eigenvalue weighted by molar-refractivity contribution is 0.0271. The number of amides is 1. The minimum atomic E-state index is -0.0680. The summed E-state index contributed by atoms with van der Waals surface area (Å²) in [4.78, 5) is 18.8. The molecule has 0 atom stereocenters. The number of rotatable bonds is 2. The lowest BCUT2D eigenvalue weighted by Gasteiger charge is -2.52. The van der Waals surface area contributed by atoms with Crippen molar-refractivity contribution in [3.8, 4) is 0 Å². The van der Waals surface area contributed by atoms with Gasteiger partial charge in [-0.05, 0) is 18.1 Å². The second-order valence-electron chi connectivity index (χ2n) is 5.69. The zero-order valence-corrected chi connectivity index (χ0v) is 11.8. The molecule has 4 rings (SSSR count). The maximum absolute atomic E-state index is 12.2. The summed E-state index contributed by atoms with van der Waals surface area (Å²) in [6.07, 6.45) is 0.933. The van der Waals surface area contributed by atoms with Crippen LogP contribution in [-0.2, 0) is 13.0 Å². The number of hydrogen-bond acceptors (Lipinski definition) is 4. The van der Waals surface area contributed by atoms with Crippen LogP contribution in [0.2, 0.25) is 0 Å². The molecule has 0 radical (unpaired) electrons. The predicted molar refractivity (Wildman–Crippen MR) is 77.7 cm³/mol. The molecule has 0 saturated carbocycles. The quantitative estimate of drug-likeness (QED) is 0.913. The van der Waals surface area contributed by atoms with E-state index in [0.717, 1.165) is 37.3 Å². The predicted octanol–water partition coefficient (Wildman–Crippen LogP) is 1.68. The summed E-state index contributed by atoms with van der Waals surface area (Å²) in [6, 6.07) is 7.91. The summed E-state index contributed by atoms with van der Waals surface area (Å²) in [6.45, 7) is 2.69. The van der Waals surface area contributed by atoms with E-state index in [2.05, 4.69) is 26.6 Å². The number of aromatic nitrogens is 1. The number of benzene rings is 1. The number of carbonyl (C=O) groups is 1. The van der Waals surface area contributed by atoms with Crippen LogP contribution in [0.15, 0.2) is 35.2 Å². The van der Waals surface area contributed by atoms with Crippen LogP contribution in [0.25, 0.3) is 0 Å². The van der Waals surface area contributed by atoms with Crippen LogP contribution < -0.4 is 5.32 Å². The lowest BCUT2D eigenvalue weighted by atomic mass is 9.78. The number of hydrogen-bond donors (Lipinski definition) is 1. The number of carbonyl (C=O) groups excluding carboxylic acids is 1. The Kier molecular flexibility index (Phi) is 2.65. The molecule has 1 spiro atoms. The third-order valence-electron chi connectivity index (χ3n) is 4.09. The molecule has 3 heterocycles. The van der Waals surface area contributed by atoms with Gasteiger partial charge in [0.05, 0.1) is 16.7 Å². The van der Waals surface area contributed by atoms with Gasteiger partial charge in [-0.1, -0.05) is 18.2 Å². The van der Waals surface area contributed by atoms with Crippen molar-refractivity contribution in [2.75, 3.05) is 13.1 Å². The second-order valence-corrected chi connectivity index (χ2v) is 6.41.